The molecule has 0 aliphatic heterocycles. The Labute approximate surface area is 172 Å². The monoisotopic (exact) mass is 390 g/mol. The number of fused-ring (bicyclic) bond motifs is 1. The Bertz CT molecular complexity index is 1020. The topological polar surface area (TPSA) is 45.3 Å². The van der Waals surface area contributed by atoms with Crippen molar-refractivity contribution in [3.63, 3.8) is 0 Å². The molecule has 29 heavy (non-hydrogen) atoms. The molecule has 3 aromatic rings. The molecule has 1 N–H and O–H groups in total. The van der Waals surface area contributed by atoms with Crippen molar-refractivity contribution in [1.82, 2.24) is 9.88 Å². The fourth-order valence-corrected chi connectivity index (χ4v) is 4.35. The van der Waals surface area contributed by atoms with Crippen LogP contribution < -0.4 is 10.2 Å². The van der Waals surface area contributed by atoms with Crippen LogP contribution in [0.5, 0.6) is 5.75 Å². The number of aryl methyl sites for hydroxylation is 1. The van der Waals surface area contributed by atoms with E-state index in [4.69, 9.17) is 4.74 Å². The molecule has 2 aromatic carbocycles. The maximum Gasteiger partial charge on any atom is 0.194 e. The van der Waals surface area contributed by atoms with Gasteiger partial charge < -0.3 is 9.72 Å². The zero-order valence-corrected chi connectivity index (χ0v) is 17.4. The summed E-state index contributed by atoms with van der Waals surface area (Å²) in [4.78, 5) is 19.1. The number of pyridine rings is 1. The fraction of sp³-hybridized carbons (Fsp3) is 0.400. The normalized spacial score (nSPS) is 15.1. The molecule has 1 aromatic heterocycles. The van der Waals surface area contributed by atoms with Crippen molar-refractivity contribution in [1.29, 1.82) is 0 Å². The second-order valence-corrected chi connectivity index (χ2v) is 8.25. The fourth-order valence-electron chi connectivity index (χ4n) is 4.35. The molecule has 4 nitrogen and oxygen atoms in total. The number of nitrogens with one attached hydrogen (secondary N) is 1. The van der Waals surface area contributed by atoms with Crippen LogP contribution in [0.1, 0.15) is 48.9 Å². The van der Waals surface area contributed by atoms with E-state index in [1.165, 1.54) is 32.1 Å². The molecule has 152 valence electrons. The predicted molar refractivity (Wildman–Crippen MR) is 118 cm³/mol. The van der Waals surface area contributed by atoms with E-state index in [2.05, 4.69) is 16.9 Å². The van der Waals surface area contributed by atoms with E-state index in [1.54, 1.807) is 0 Å². The van der Waals surface area contributed by atoms with Gasteiger partial charge in [-0.3, -0.25) is 9.69 Å². The molecule has 0 spiro atoms. The third-order valence-corrected chi connectivity index (χ3v) is 6.14. The summed E-state index contributed by atoms with van der Waals surface area (Å²) < 4.78 is 5.94. The Kier molecular flexibility index (Phi) is 6.00. The van der Waals surface area contributed by atoms with Gasteiger partial charge in [0.1, 0.15) is 12.4 Å². The number of nitrogens with zero attached hydrogens (tertiary/aromatic N) is 1. The van der Waals surface area contributed by atoms with Crippen molar-refractivity contribution in [2.45, 2.75) is 58.2 Å². The molecule has 0 bridgehead atoms. The minimum Gasteiger partial charge on any atom is -0.489 e. The molecule has 1 aliphatic rings. The first kappa shape index (κ1) is 19.7. The van der Waals surface area contributed by atoms with E-state index in [0.717, 1.165) is 28.1 Å². The van der Waals surface area contributed by atoms with Gasteiger partial charge >= 0.3 is 0 Å². The van der Waals surface area contributed by atoms with Gasteiger partial charge in [0, 0.05) is 34.7 Å². The first-order valence-corrected chi connectivity index (χ1v) is 10.6. The molecule has 4 rings (SSSR count). The van der Waals surface area contributed by atoms with E-state index < -0.39 is 0 Å². The van der Waals surface area contributed by atoms with Crippen molar-refractivity contribution in [2.75, 3.05) is 7.05 Å². The summed E-state index contributed by atoms with van der Waals surface area (Å²) in [6.07, 6.45) is 6.40. The van der Waals surface area contributed by atoms with Crippen LogP contribution in [0.4, 0.5) is 0 Å². The molecule has 0 radical (unpaired) electrons. The van der Waals surface area contributed by atoms with Crippen LogP contribution in [0, 0.1) is 6.92 Å². The van der Waals surface area contributed by atoms with Crippen molar-refractivity contribution in [3.05, 3.63) is 75.6 Å². The Morgan fingerprint density at radius 3 is 2.59 bits per heavy atom. The first-order chi connectivity index (χ1) is 14.1. The Hall–Kier alpha value is -2.59. The summed E-state index contributed by atoms with van der Waals surface area (Å²) in [5.41, 5.74) is 3.92. The van der Waals surface area contributed by atoms with E-state index in [1.807, 2.05) is 55.5 Å². The number of hydrogen-bond donors (Lipinski definition) is 1. The predicted octanol–water partition coefficient (Wildman–Crippen LogP) is 5.18. The summed E-state index contributed by atoms with van der Waals surface area (Å²) in [5.74, 6) is 0.724. The first-order valence-electron chi connectivity index (χ1n) is 10.6. The van der Waals surface area contributed by atoms with Gasteiger partial charge in [0.05, 0.1) is 0 Å². The lowest BCUT2D eigenvalue weighted by atomic mass is 9.94. The van der Waals surface area contributed by atoms with Crippen LogP contribution in [0.2, 0.25) is 0 Å². The molecular weight excluding hydrogens is 360 g/mol. The Morgan fingerprint density at radius 2 is 1.83 bits per heavy atom. The average molecular weight is 391 g/mol. The molecule has 0 saturated heterocycles. The highest BCUT2D eigenvalue weighted by atomic mass is 16.5. The summed E-state index contributed by atoms with van der Waals surface area (Å²) in [6, 6.07) is 16.4. The molecule has 4 heteroatoms. The van der Waals surface area contributed by atoms with Crippen LogP contribution in [0.15, 0.2) is 53.3 Å². The van der Waals surface area contributed by atoms with Crippen molar-refractivity contribution in [2.24, 2.45) is 0 Å². The average Bonchev–Trinajstić information content (AvgIpc) is 2.76. The van der Waals surface area contributed by atoms with Gasteiger partial charge in [-0.15, -0.1) is 0 Å². The van der Waals surface area contributed by atoms with Crippen molar-refractivity contribution in [3.8, 4) is 5.75 Å². The van der Waals surface area contributed by atoms with Crippen molar-refractivity contribution >= 4 is 10.9 Å². The maximum absolute atomic E-state index is 13.3. The molecule has 1 saturated carbocycles. The molecule has 0 atom stereocenters. The van der Waals surface area contributed by atoms with Crippen molar-refractivity contribution < 1.29 is 4.74 Å². The molecule has 0 unspecified atom stereocenters. The number of aromatic amines is 1. The smallest absolute Gasteiger partial charge is 0.194 e. The highest BCUT2D eigenvalue weighted by molar-refractivity contribution is 5.81. The SMILES string of the molecule is Cc1[nH]c2ccc(OCc3ccccc3)cc2c(=O)c1CN(C)C1CCCCC1. The summed E-state index contributed by atoms with van der Waals surface area (Å²) >= 11 is 0. The van der Waals surface area contributed by atoms with E-state index in [0.29, 0.717) is 24.6 Å². The lowest BCUT2D eigenvalue weighted by Crippen LogP contribution is -2.34. The minimum atomic E-state index is 0.115. The zero-order chi connectivity index (χ0) is 20.2. The summed E-state index contributed by atoms with van der Waals surface area (Å²) in [7, 11) is 2.15. The van der Waals surface area contributed by atoms with Gasteiger partial charge in [0.25, 0.3) is 0 Å². The lowest BCUT2D eigenvalue weighted by Gasteiger charge is -2.31. The van der Waals surface area contributed by atoms with E-state index >= 15 is 0 Å². The largest absolute Gasteiger partial charge is 0.489 e. The molecule has 1 heterocycles. The van der Waals surface area contributed by atoms with Crippen LogP contribution in [-0.4, -0.2) is 23.0 Å². The van der Waals surface area contributed by atoms with Crippen LogP contribution in [0.25, 0.3) is 10.9 Å². The standard InChI is InChI=1S/C25H30N2O2/c1-18-23(16-27(2)20-11-7-4-8-12-20)25(28)22-15-21(13-14-24(22)26-18)29-17-19-9-5-3-6-10-19/h3,5-6,9-10,13-15,20H,4,7-8,11-12,16-17H2,1-2H3,(H,26,28). The second-order valence-electron chi connectivity index (χ2n) is 8.25. The van der Waals surface area contributed by atoms with Gasteiger partial charge in [-0.2, -0.15) is 0 Å². The third-order valence-electron chi connectivity index (χ3n) is 6.14. The quantitative estimate of drug-likeness (QED) is 0.631. The van der Waals surface area contributed by atoms with Gasteiger partial charge in [-0.25, -0.2) is 0 Å². The minimum absolute atomic E-state index is 0.115. The second kappa shape index (κ2) is 8.83. The number of hydrogen-bond acceptors (Lipinski definition) is 3. The van der Waals surface area contributed by atoms with E-state index in [-0.39, 0.29) is 5.43 Å². The molecule has 1 fully saturated rings. The van der Waals surface area contributed by atoms with Crippen LogP contribution in [0.3, 0.4) is 0 Å². The highest BCUT2D eigenvalue weighted by Gasteiger charge is 2.20. The summed E-state index contributed by atoms with van der Waals surface area (Å²) in [5, 5.41) is 0.702. The third kappa shape index (κ3) is 4.54. The molecule has 0 amide bonds. The number of ether oxygens (including phenoxy) is 1. The van der Waals surface area contributed by atoms with Crippen LogP contribution >= 0.6 is 0 Å². The van der Waals surface area contributed by atoms with E-state index in [9.17, 15) is 4.79 Å². The number of H-pyrrole nitrogens is 1. The molecular formula is C25H30N2O2. The lowest BCUT2D eigenvalue weighted by molar-refractivity contribution is 0.184. The zero-order valence-electron chi connectivity index (χ0n) is 17.4. The number of rotatable bonds is 6. The van der Waals surface area contributed by atoms with Gasteiger partial charge in [-0.1, -0.05) is 49.6 Å². The Morgan fingerprint density at radius 1 is 1.07 bits per heavy atom. The maximum atomic E-state index is 13.3. The summed E-state index contributed by atoms with van der Waals surface area (Å²) in [6.45, 7) is 3.19. The van der Waals surface area contributed by atoms with Gasteiger partial charge in [-0.05, 0) is 50.6 Å². The van der Waals surface area contributed by atoms with Gasteiger partial charge in [0.15, 0.2) is 5.43 Å². The Balaban J connectivity index is 1.57. The van der Waals surface area contributed by atoms with Crippen LogP contribution in [-0.2, 0) is 13.2 Å². The van der Waals surface area contributed by atoms with Gasteiger partial charge in [0.2, 0.25) is 0 Å². The number of benzene rings is 2. The molecule has 1 aliphatic carbocycles. The number of aromatic nitrogens is 1. The highest BCUT2D eigenvalue weighted by Crippen LogP contribution is 2.24.